The lowest BCUT2D eigenvalue weighted by Crippen LogP contribution is -2.43. The SMILES string of the molecule is Cc1ccc(S(=O)(=O)N2CCC[C@@H](C(=O)Nc3ccn(C)n3)C2)s1. The molecule has 3 heterocycles. The van der Waals surface area contributed by atoms with E-state index in [0.717, 1.165) is 4.88 Å². The minimum Gasteiger partial charge on any atom is -0.309 e. The van der Waals surface area contributed by atoms with E-state index >= 15 is 0 Å². The van der Waals surface area contributed by atoms with Crippen LogP contribution in [0.5, 0.6) is 0 Å². The molecule has 0 radical (unpaired) electrons. The summed E-state index contributed by atoms with van der Waals surface area (Å²) >= 11 is 1.26. The molecule has 3 rings (SSSR count). The second kappa shape index (κ2) is 6.66. The Morgan fingerprint density at radius 1 is 1.38 bits per heavy atom. The van der Waals surface area contributed by atoms with Crippen LogP contribution in [0.15, 0.2) is 28.6 Å². The van der Waals surface area contributed by atoms with Crippen molar-refractivity contribution in [2.75, 3.05) is 18.4 Å². The van der Waals surface area contributed by atoms with Crippen molar-refractivity contribution >= 4 is 33.1 Å². The molecule has 1 fully saturated rings. The Bertz CT molecular complexity index is 841. The number of amides is 1. The number of nitrogens with one attached hydrogen (secondary N) is 1. The number of carbonyl (C=O) groups excluding carboxylic acids is 1. The quantitative estimate of drug-likeness (QED) is 0.892. The smallest absolute Gasteiger partial charge is 0.252 e. The van der Waals surface area contributed by atoms with Crippen LogP contribution in [0.2, 0.25) is 0 Å². The summed E-state index contributed by atoms with van der Waals surface area (Å²) in [6, 6.07) is 5.14. The number of hydrogen-bond acceptors (Lipinski definition) is 5. The first-order valence-electron chi connectivity index (χ1n) is 7.73. The van der Waals surface area contributed by atoms with Crippen LogP contribution in [0.4, 0.5) is 5.82 Å². The number of hydrogen-bond donors (Lipinski definition) is 1. The Morgan fingerprint density at radius 3 is 2.79 bits per heavy atom. The van der Waals surface area contributed by atoms with Gasteiger partial charge in [-0.2, -0.15) is 9.40 Å². The molecule has 1 aliphatic heterocycles. The van der Waals surface area contributed by atoms with Crippen molar-refractivity contribution in [3.8, 4) is 0 Å². The zero-order valence-corrected chi connectivity index (χ0v) is 15.2. The highest BCUT2D eigenvalue weighted by Crippen LogP contribution is 2.28. The molecule has 9 heteroatoms. The van der Waals surface area contributed by atoms with Crippen LogP contribution < -0.4 is 5.32 Å². The van der Waals surface area contributed by atoms with Crippen molar-refractivity contribution < 1.29 is 13.2 Å². The molecule has 2 aromatic rings. The molecular formula is C15H20N4O3S2. The van der Waals surface area contributed by atoms with E-state index in [1.807, 2.05) is 6.92 Å². The molecule has 0 unspecified atom stereocenters. The molecular weight excluding hydrogens is 348 g/mol. The van der Waals surface area contributed by atoms with Crippen LogP contribution in [0.25, 0.3) is 0 Å². The Hall–Kier alpha value is -1.71. The number of anilines is 1. The number of carbonyl (C=O) groups is 1. The van der Waals surface area contributed by atoms with Gasteiger partial charge in [0.25, 0.3) is 10.0 Å². The molecule has 130 valence electrons. The Morgan fingerprint density at radius 2 is 2.17 bits per heavy atom. The van der Waals surface area contributed by atoms with Crippen LogP contribution in [0.1, 0.15) is 17.7 Å². The van der Waals surface area contributed by atoms with Gasteiger partial charge in [-0.05, 0) is 31.9 Å². The maximum Gasteiger partial charge on any atom is 0.252 e. The van der Waals surface area contributed by atoms with Gasteiger partial charge in [0.15, 0.2) is 5.82 Å². The van der Waals surface area contributed by atoms with Crippen LogP contribution in [0, 0.1) is 12.8 Å². The largest absolute Gasteiger partial charge is 0.309 e. The number of thiophene rings is 1. The highest BCUT2D eigenvalue weighted by molar-refractivity contribution is 7.91. The van der Waals surface area contributed by atoms with Crippen LogP contribution >= 0.6 is 11.3 Å². The zero-order chi connectivity index (χ0) is 17.3. The minimum atomic E-state index is -3.52. The number of rotatable bonds is 4. The van der Waals surface area contributed by atoms with Gasteiger partial charge in [-0.1, -0.05) is 0 Å². The number of aromatic nitrogens is 2. The van der Waals surface area contributed by atoms with Crippen molar-refractivity contribution in [3.05, 3.63) is 29.3 Å². The molecule has 1 N–H and O–H groups in total. The maximum atomic E-state index is 12.7. The number of nitrogens with zero attached hydrogens (tertiary/aromatic N) is 3. The second-order valence-corrected chi connectivity index (χ2v) is 9.38. The number of aryl methyl sites for hydroxylation is 2. The van der Waals surface area contributed by atoms with E-state index in [9.17, 15) is 13.2 Å². The molecule has 1 saturated heterocycles. The van der Waals surface area contributed by atoms with Gasteiger partial charge in [-0.15, -0.1) is 11.3 Å². The fourth-order valence-corrected chi connectivity index (χ4v) is 5.72. The molecule has 1 amide bonds. The highest BCUT2D eigenvalue weighted by Gasteiger charge is 2.34. The summed E-state index contributed by atoms with van der Waals surface area (Å²) in [5.41, 5.74) is 0. The molecule has 24 heavy (non-hydrogen) atoms. The van der Waals surface area contributed by atoms with E-state index in [2.05, 4.69) is 10.4 Å². The normalized spacial score (nSPS) is 19.3. The average Bonchev–Trinajstić information content (AvgIpc) is 3.16. The Balaban J connectivity index is 1.71. The predicted molar refractivity (Wildman–Crippen MR) is 92.4 cm³/mol. The van der Waals surface area contributed by atoms with Gasteiger partial charge >= 0.3 is 0 Å². The van der Waals surface area contributed by atoms with Crippen LogP contribution in [-0.4, -0.2) is 41.5 Å². The molecule has 2 aromatic heterocycles. The molecule has 0 saturated carbocycles. The molecule has 1 atom stereocenters. The number of piperidine rings is 1. The summed E-state index contributed by atoms with van der Waals surface area (Å²) in [5, 5.41) is 6.88. The summed E-state index contributed by atoms with van der Waals surface area (Å²) in [7, 11) is -1.75. The number of sulfonamides is 1. The van der Waals surface area contributed by atoms with Crippen molar-refractivity contribution in [1.82, 2.24) is 14.1 Å². The van der Waals surface area contributed by atoms with E-state index in [0.29, 0.717) is 29.4 Å². The van der Waals surface area contributed by atoms with Gasteiger partial charge in [0, 0.05) is 37.3 Å². The fourth-order valence-electron chi connectivity index (χ4n) is 2.76. The molecule has 0 bridgehead atoms. The van der Waals surface area contributed by atoms with Gasteiger partial charge in [0.2, 0.25) is 5.91 Å². The maximum absolute atomic E-state index is 12.7. The summed E-state index contributed by atoms with van der Waals surface area (Å²) in [6.45, 7) is 2.54. The summed E-state index contributed by atoms with van der Waals surface area (Å²) in [6.07, 6.45) is 3.09. The monoisotopic (exact) mass is 368 g/mol. The minimum absolute atomic E-state index is 0.184. The first-order valence-corrected chi connectivity index (χ1v) is 9.99. The Kier molecular flexibility index (Phi) is 4.75. The third-order valence-electron chi connectivity index (χ3n) is 4.03. The third kappa shape index (κ3) is 3.52. The molecule has 0 aliphatic carbocycles. The van der Waals surface area contributed by atoms with Gasteiger partial charge in [0.05, 0.1) is 5.92 Å². The highest BCUT2D eigenvalue weighted by atomic mass is 32.2. The van der Waals surface area contributed by atoms with E-state index in [1.165, 1.54) is 15.6 Å². The van der Waals surface area contributed by atoms with E-state index < -0.39 is 10.0 Å². The lowest BCUT2D eigenvalue weighted by molar-refractivity contribution is -0.120. The van der Waals surface area contributed by atoms with Crippen molar-refractivity contribution in [3.63, 3.8) is 0 Å². The molecule has 7 nitrogen and oxygen atoms in total. The van der Waals surface area contributed by atoms with Crippen LogP contribution in [0.3, 0.4) is 0 Å². The zero-order valence-electron chi connectivity index (χ0n) is 13.6. The standard InChI is InChI=1S/C15H20N4O3S2/c1-11-5-6-14(23-11)24(21,22)19-8-3-4-12(10-19)15(20)16-13-7-9-18(2)17-13/h5-7,9,12H,3-4,8,10H2,1-2H3,(H,16,17,20)/t12-/m1/s1. The first kappa shape index (κ1) is 17.1. The van der Waals surface area contributed by atoms with E-state index in [4.69, 9.17) is 0 Å². The summed E-state index contributed by atoms with van der Waals surface area (Å²) < 4.78 is 28.8. The third-order valence-corrected chi connectivity index (χ3v) is 7.36. The van der Waals surface area contributed by atoms with Gasteiger partial charge in [-0.25, -0.2) is 8.42 Å². The summed E-state index contributed by atoms with van der Waals surface area (Å²) in [4.78, 5) is 13.4. The molecule has 0 aromatic carbocycles. The van der Waals surface area contributed by atoms with Crippen molar-refractivity contribution in [2.24, 2.45) is 13.0 Å². The van der Waals surface area contributed by atoms with Gasteiger partial charge in [0.1, 0.15) is 4.21 Å². The molecule has 1 aliphatic rings. The Labute approximate surface area is 145 Å². The van der Waals surface area contributed by atoms with Gasteiger partial charge in [-0.3, -0.25) is 9.48 Å². The lowest BCUT2D eigenvalue weighted by atomic mass is 9.99. The predicted octanol–water partition coefficient (Wildman–Crippen LogP) is 1.83. The van der Waals surface area contributed by atoms with Gasteiger partial charge < -0.3 is 5.32 Å². The lowest BCUT2D eigenvalue weighted by Gasteiger charge is -2.30. The van der Waals surface area contributed by atoms with Crippen molar-refractivity contribution in [1.29, 1.82) is 0 Å². The average molecular weight is 368 g/mol. The van der Waals surface area contributed by atoms with E-state index in [1.54, 1.807) is 36.1 Å². The van der Waals surface area contributed by atoms with E-state index in [-0.39, 0.29) is 18.4 Å². The summed E-state index contributed by atoms with van der Waals surface area (Å²) in [5.74, 6) is -0.0658. The fraction of sp³-hybridized carbons (Fsp3) is 0.467. The second-order valence-electron chi connectivity index (χ2n) is 5.93. The molecule has 0 spiro atoms. The van der Waals surface area contributed by atoms with Crippen LogP contribution in [-0.2, 0) is 21.9 Å². The first-order chi connectivity index (χ1) is 11.4. The van der Waals surface area contributed by atoms with Crippen molar-refractivity contribution in [2.45, 2.75) is 24.0 Å². The topological polar surface area (TPSA) is 84.3 Å².